The Morgan fingerprint density at radius 1 is 1.44 bits per heavy atom. The van der Waals surface area contributed by atoms with Gasteiger partial charge < -0.3 is 10.8 Å². The minimum absolute atomic E-state index is 0.0370. The summed E-state index contributed by atoms with van der Waals surface area (Å²) >= 11 is 0. The Morgan fingerprint density at radius 3 is 2.56 bits per heavy atom. The molecular formula is C6H6BNO. The van der Waals surface area contributed by atoms with Crippen LogP contribution in [0.25, 0.3) is 0 Å². The lowest BCUT2D eigenvalue weighted by atomic mass is 9.95. The van der Waals surface area contributed by atoms with E-state index in [1.165, 1.54) is 6.07 Å². The van der Waals surface area contributed by atoms with Gasteiger partial charge in [-0.1, -0.05) is 11.5 Å². The minimum Gasteiger partial charge on any atom is -0.509 e. The van der Waals surface area contributed by atoms with Crippen LogP contribution in [0.15, 0.2) is 18.2 Å². The highest BCUT2D eigenvalue weighted by Gasteiger charge is 1.91. The first kappa shape index (κ1) is 6.01. The third-order valence-electron chi connectivity index (χ3n) is 1.05. The molecule has 0 fully saturated rings. The second-order valence-electron chi connectivity index (χ2n) is 1.82. The SMILES string of the molecule is [B]c1ccc(N)cc1O. The highest BCUT2D eigenvalue weighted by Crippen LogP contribution is 2.07. The number of benzene rings is 1. The first-order valence-electron chi connectivity index (χ1n) is 2.54. The maximum atomic E-state index is 8.90. The second-order valence-corrected chi connectivity index (χ2v) is 1.82. The minimum atomic E-state index is 0.0370. The van der Waals surface area contributed by atoms with Crippen LogP contribution in [0, 0.1) is 0 Å². The average molecular weight is 119 g/mol. The smallest absolute Gasteiger partial charge is 0.118 e. The number of anilines is 1. The van der Waals surface area contributed by atoms with E-state index in [4.69, 9.17) is 18.7 Å². The molecule has 3 N–H and O–H groups in total. The molecule has 0 unspecified atom stereocenters. The fourth-order valence-electron chi connectivity index (χ4n) is 0.561. The summed E-state index contributed by atoms with van der Waals surface area (Å²) in [5.74, 6) is 0.0370. The molecule has 1 aromatic carbocycles. The Kier molecular flexibility index (Phi) is 1.34. The molecule has 0 atom stereocenters. The molecule has 0 aliphatic carbocycles. The lowest BCUT2D eigenvalue weighted by molar-refractivity contribution is 0.480. The van der Waals surface area contributed by atoms with Gasteiger partial charge in [-0.05, 0) is 6.07 Å². The molecule has 2 nitrogen and oxygen atoms in total. The van der Waals surface area contributed by atoms with Crippen molar-refractivity contribution in [3.8, 4) is 5.75 Å². The van der Waals surface area contributed by atoms with E-state index < -0.39 is 0 Å². The molecule has 0 saturated carbocycles. The predicted octanol–water partition coefficient (Wildman–Crippen LogP) is -0.232. The van der Waals surface area contributed by atoms with Crippen molar-refractivity contribution in [3.05, 3.63) is 18.2 Å². The van der Waals surface area contributed by atoms with Gasteiger partial charge in [0, 0.05) is 11.8 Å². The van der Waals surface area contributed by atoms with Crippen LogP contribution in [0.4, 0.5) is 5.69 Å². The van der Waals surface area contributed by atoms with Gasteiger partial charge >= 0.3 is 0 Å². The van der Waals surface area contributed by atoms with E-state index in [1.807, 2.05) is 0 Å². The Labute approximate surface area is 54.7 Å². The van der Waals surface area contributed by atoms with Crippen molar-refractivity contribution in [2.45, 2.75) is 0 Å². The summed E-state index contributed by atoms with van der Waals surface area (Å²) in [6, 6.07) is 4.61. The number of rotatable bonds is 0. The normalized spacial score (nSPS) is 9.33. The van der Waals surface area contributed by atoms with Gasteiger partial charge in [0.25, 0.3) is 0 Å². The van der Waals surface area contributed by atoms with E-state index in [9.17, 15) is 0 Å². The lowest BCUT2D eigenvalue weighted by Crippen LogP contribution is -2.02. The maximum absolute atomic E-state index is 8.90. The molecule has 0 heterocycles. The zero-order valence-electron chi connectivity index (χ0n) is 4.83. The molecule has 0 spiro atoms. The Morgan fingerprint density at radius 2 is 2.11 bits per heavy atom. The molecule has 3 heteroatoms. The van der Waals surface area contributed by atoms with Crippen molar-refractivity contribution in [1.29, 1.82) is 0 Å². The third-order valence-corrected chi connectivity index (χ3v) is 1.05. The van der Waals surface area contributed by atoms with Gasteiger partial charge in [-0.25, -0.2) is 0 Å². The Bertz CT molecular complexity index is 224. The third kappa shape index (κ3) is 1.16. The zero-order valence-corrected chi connectivity index (χ0v) is 4.83. The average Bonchev–Trinajstić information content (AvgIpc) is 1.80. The monoisotopic (exact) mass is 119 g/mol. The van der Waals surface area contributed by atoms with E-state index >= 15 is 0 Å². The van der Waals surface area contributed by atoms with Crippen molar-refractivity contribution in [2.24, 2.45) is 0 Å². The van der Waals surface area contributed by atoms with Crippen LogP contribution >= 0.6 is 0 Å². The van der Waals surface area contributed by atoms with Gasteiger partial charge in [0.2, 0.25) is 0 Å². The molecule has 0 amide bonds. The highest BCUT2D eigenvalue weighted by atomic mass is 16.3. The Balaban J connectivity index is 3.17. The first-order valence-corrected chi connectivity index (χ1v) is 2.54. The summed E-state index contributed by atoms with van der Waals surface area (Å²) in [7, 11) is 5.28. The van der Waals surface area contributed by atoms with Crippen LogP contribution in [-0.2, 0) is 0 Å². The van der Waals surface area contributed by atoms with E-state index in [2.05, 4.69) is 0 Å². The molecule has 0 bridgehead atoms. The van der Waals surface area contributed by atoms with Gasteiger partial charge in [-0.2, -0.15) is 0 Å². The fourth-order valence-corrected chi connectivity index (χ4v) is 0.561. The van der Waals surface area contributed by atoms with E-state index in [1.54, 1.807) is 12.1 Å². The lowest BCUT2D eigenvalue weighted by Gasteiger charge is -1.97. The zero-order chi connectivity index (χ0) is 6.85. The van der Waals surface area contributed by atoms with Crippen molar-refractivity contribution in [3.63, 3.8) is 0 Å². The number of hydrogen-bond donors (Lipinski definition) is 2. The quantitative estimate of drug-likeness (QED) is 0.366. The topological polar surface area (TPSA) is 46.2 Å². The molecule has 0 aliphatic rings. The van der Waals surface area contributed by atoms with Crippen LogP contribution < -0.4 is 11.2 Å². The van der Waals surface area contributed by atoms with Gasteiger partial charge in [0.15, 0.2) is 0 Å². The van der Waals surface area contributed by atoms with E-state index in [0.29, 0.717) is 11.2 Å². The van der Waals surface area contributed by atoms with Crippen LogP contribution in [-0.4, -0.2) is 13.0 Å². The molecule has 1 aromatic rings. The number of hydrogen-bond acceptors (Lipinski definition) is 2. The largest absolute Gasteiger partial charge is 0.509 e. The molecule has 0 aliphatic heterocycles. The molecular weight excluding hydrogens is 113 g/mol. The summed E-state index contributed by atoms with van der Waals surface area (Å²) in [5, 5.41) is 8.90. The van der Waals surface area contributed by atoms with Crippen LogP contribution in [0.3, 0.4) is 0 Å². The maximum Gasteiger partial charge on any atom is 0.118 e. The Hall–Kier alpha value is -1.12. The highest BCUT2D eigenvalue weighted by molar-refractivity contribution is 6.34. The molecule has 0 saturated heterocycles. The number of aromatic hydroxyl groups is 1. The number of phenolic OH excluding ortho intramolecular Hbond substituents is 1. The summed E-state index contributed by atoms with van der Waals surface area (Å²) in [5.41, 5.74) is 6.18. The van der Waals surface area contributed by atoms with Gasteiger partial charge in [0.05, 0.1) is 0 Å². The van der Waals surface area contributed by atoms with Gasteiger partial charge in [-0.3, -0.25) is 0 Å². The van der Waals surface area contributed by atoms with Crippen LogP contribution in [0.1, 0.15) is 0 Å². The molecule has 44 valence electrons. The number of nitrogens with two attached hydrogens (primary N) is 1. The summed E-state index contributed by atoms with van der Waals surface area (Å²) in [6.45, 7) is 0. The molecule has 9 heavy (non-hydrogen) atoms. The predicted molar refractivity (Wildman–Crippen MR) is 37.9 cm³/mol. The first-order chi connectivity index (χ1) is 4.20. The standard InChI is InChI=1S/C6H6BNO/c7-5-2-1-4(8)3-6(5)9/h1-3,9H,8H2. The molecule has 1 rings (SSSR count). The summed E-state index contributed by atoms with van der Waals surface area (Å²) in [6.07, 6.45) is 0. The van der Waals surface area contributed by atoms with Crippen LogP contribution in [0.2, 0.25) is 0 Å². The molecule has 2 radical (unpaired) electrons. The van der Waals surface area contributed by atoms with Gasteiger partial charge in [-0.15, -0.1) is 0 Å². The van der Waals surface area contributed by atoms with Crippen molar-refractivity contribution >= 4 is 19.0 Å². The number of phenols is 1. The summed E-state index contributed by atoms with van der Waals surface area (Å²) in [4.78, 5) is 0. The second kappa shape index (κ2) is 2.01. The van der Waals surface area contributed by atoms with E-state index in [-0.39, 0.29) is 5.75 Å². The van der Waals surface area contributed by atoms with Crippen molar-refractivity contribution < 1.29 is 5.11 Å². The molecule has 0 aromatic heterocycles. The van der Waals surface area contributed by atoms with Crippen LogP contribution in [0.5, 0.6) is 5.75 Å². The summed E-state index contributed by atoms with van der Waals surface area (Å²) < 4.78 is 0. The van der Waals surface area contributed by atoms with E-state index in [0.717, 1.165) is 0 Å². The van der Waals surface area contributed by atoms with Crippen molar-refractivity contribution in [1.82, 2.24) is 0 Å². The fraction of sp³-hybridized carbons (Fsp3) is 0. The number of nitrogen functional groups attached to an aromatic ring is 1. The van der Waals surface area contributed by atoms with Crippen molar-refractivity contribution in [2.75, 3.05) is 5.73 Å². The van der Waals surface area contributed by atoms with Gasteiger partial charge in [0.1, 0.15) is 13.6 Å².